The highest BCUT2D eigenvalue weighted by molar-refractivity contribution is 5.77. The molecule has 0 saturated carbocycles. The molecule has 0 radical (unpaired) electrons. The Kier molecular flexibility index (Phi) is 6.94. The molecule has 0 aliphatic carbocycles. The molecule has 0 unspecified atom stereocenters. The van der Waals surface area contributed by atoms with Crippen molar-refractivity contribution in [3.8, 4) is 5.75 Å². The lowest BCUT2D eigenvalue weighted by atomic mass is 10.2. The largest absolute Gasteiger partial charge is 0.484 e. The van der Waals surface area contributed by atoms with E-state index in [9.17, 15) is 4.79 Å². The molecule has 8 nitrogen and oxygen atoms in total. The molecular weight excluding hydrogens is 368 g/mol. The highest BCUT2D eigenvalue weighted by atomic mass is 16.5. The maximum atomic E-state index is 11.8. The smallest absolute Gasteiger partial charge is 0.258 e. The van der Waals surface area contributed by atoms with Gasteiger partial charge in [0.2, 0.25) is 0 Å². The van der Waals surface area contributed by atoms with E-state index in [2.05, 4.69) is 31.1 Å². The fraction of sp³-hybridized carbons (Fsp3) is 0.238. The van der Waals surface area contributed by atoms with Crippen LogP contribution in [0.3, 0.4) is 0 Å². The molecule has 3 N–H and O–H groups in total. The van der Waals surface area contributed by atoms with Gasteiger partial charge in [-0.05, 0) is 61.4 Å². The Balaban J connectivity index is 1.35. The van der Waals surface area contributed by atoms with Gasteiger partial charge in [0, 0.05) is 19.3 Å². The molecule has 0 atom stereocenters. The molecule has 2 heterocycles. The van der Waals surface area contributed by atoms with Gasteiger partial charge in [0.1, 0.15) is 17.4 Å². The maximum absolute atomic E-state index is 11.8. The SMILES string of the molecule is Cc1cccc(OCC(=O)NCCNc2ccc(Nc3cc(C)ccn3)nn2)c1. The summed E-state index contributed by atoms with van der Waals surface area (Å²) in [4.78, 5) is 16.1. The van der Waals surface area contributed by atoms with Crippen molar-refractivity contribution in [1.82, 2.24) is 20.5 Å². The number of anilines is 3. The topological polar surface area (TPSA) is 101 Å². The Bertz CT molecular complexity index is 946. The number of carbonyl (C=O) groups excluding carboxylic acids is 1. The Morgan fingerprint density at radius 3 is 2.48 bits per heavy atom. The lowest BCUT2D eigenvalue weighted by Gasteiger charge is -2.09. The van der Waals surface area contributed by atoms with Crippen molar-refractivity contribution in [3.63, 3.8) is 0 Å². The van der Waals surface area contributed by atoms with Gasteiger partial charge in [-0.2, -0.15) is 0 Å². The minimum absolute atomic E-state index is 0.0172. The lowest BCUT2D eigenvalue weighted by Crippen LogP contribution is -2.32. The molecule has 0 spiro atoms. The van der Waals surface area contributed by atoms with E-state index in [1.54, 1.807) is 6.20 Å². The molecule has 0 bridgehead atoms. The summed E-state index contributed by atoms with van der Waals surface area (Å²) < 4.78 is 5.47. The second-order valence-electron chi connectivity index (χ2n) is 6.53. The number of ether oxygens (including phenoxy) is 1. The van der Waals surface area contributed by atoms with E-state index in [1.165, 1.54) is 0 Å². The molecule has 1 amide bonds. The number of benzene rings is 1. The fourth-order valence-electron chi connectivity index (χ4n) is 2.53. The number of amides is 1. The van der Waals surface area contributed by atoms with E-state index < -0.39 is 0 Å². The van der Waals surface area contributed by atoms with Crippen LogP contribution in [0.25, 0.3) is 0 Å². The second-order valence-corrected chi connectivity index (χ2v) is 6.53. The van der Waals surface area contributed by atoms with Crippen LogP contribution in [0.2, 0.25) is 0 Å². The minimum Gasteiger partial charge on any atom is -0.484 e. The zero-order valence-corrected chi connectivity index (χ0v) is 16.5. The van der Waals surface area contributed by atoms with Crippen LogP contribution in [0.4, 0.5) is 17.5 Å². The summed E-state index contributed by atoms with van der Waals surface area (Å²) >= 11 is 0. The van der Waals surface area contributed by atoms with Gasteiger partial charge in [-0.3, -0.25) is 4.79 Å². The molecule has 8 heteroatoms. The van der Waals surface area contributed by atoms with Crippen LogP contribution in [-0.4, -0.2) is 40.8 Å². The third kappa shape index (κ3) is 6.76. The van der Waals surface area contributed by atoms with Gasteiger partial charge in [-0.15, -0.1) is 10.2 Å². The number of aromatic nitrogens is 3. The molecule has 29 heavy (non-hydrogen) atoms. The van der Waals surface area contributed by atoms with Gasteiger partial charge in [0.05, 0.1) is 0 Å². The minimum atomic E-state index is -0.176. The predicted molar refractivity (Wildman–Crippen MR) is 112 cm³/mol. The number of carbonyl (C=O) groups is 1. The van der Waals surface area contributed by atoms with Crippen LogP contribution >= 0.6 is 0 Å². The zero-order chi connectivity index (χ0) is 20.5. The summed E-state index contributed by atoms with van der Waals surface area (Å²) in [7, 11) is 0. The number of hydrogen-bond donors (Lipinski definition) is 3. The Morgan fingerprint density at radius 1 is 0.931 bits per heavy atom. The highest BCUT2D eigenvalue weighted by Gasteiger charge is 2.03. The molecule has 0 aliphatic rings. The van der Waals surface area contributed by atoms with E-state index in [0.717, 1.165) is 16.9 Å². The number of pyridine rings is 1. The molecule has 3 aromatic rings. The van der Waals surface area contributed by atoms with Crippen LogP contribution in [0.5, 0.6) is 5.75 Å². The van der Waals surface area contributed by atoms with Crippen molar-refractivity contribution >= 4 is 23.4 Å². The first-order chi connectivity index (χ1) is 14.1. The normalized spacial score (nSPS) is 10.3. The van der Waals surface area contributed by atoms with Crippen molar-refractivity contribution in [2.45, 2.75) is 13.8 Å². The molecule has 3 rings (SSSR count). The summed E-state index contributed by atoms with van der Waals surface area (Å²) in [5, 5.41) is 17.2. The molecule has 150 valence electrons. The predicted octanol–water partition coefficient (Wildman–Crippen LogP) is 2.84. The maximum Gasteiger partial charge on any atom is 0.258 e. The first-order valence-electron chi connectivity index (χ1n) is 9.32. The van der Waals surface area contributed by atoms with Gasteiger partial charge >= 0.3 is 0 Å². The van der Waals surface area contributed by atoms with Gasteiger partial charge in [-0.1, -0.05) is 12.1 Å². The van der Waals surface area contributed by atoms with E-state index >= 15 is 0 Å². The van der Waals surface area contributed by atoms with Gasteiger partial charge in [0.15, 0.2) is 12.4 Å². The van der Waals surface area contributed by atoms with E-state index in [0.29, 0.717) is 30.5 Å². The van der Waals surface area contributed by atoms with Gasteiger partial charge < -0.3 is 20.7 Å². The monoisotopic (exact) mass is 392 g/mol. The average Bonchev–Trinajstić information content (AvgIpc) is 2.71. The lowest BCUT2D eigenvalue weighted by molar-refractivity contribution is -0.123. The van der Waals surface area contributed by atoms with E-state index in [-0.39, 0.29) is 12.5 Å². The first kappa shape index (κ1) is 20.1. The molecule has 0 saturated heterocycles. The number of aryl methyl sites for hydroxylation is 2. The second kappa shape index (κ2) is 10.0. The molecular formula is C21H24N6O2. The van der Waals surface area contributed by atoms with Gasteiger partial charge in [0.25, 0.3) is 5.91 Å². The summed E-state index contributed by atoms with van der Waals surface area (Å²) in [6.45, 7) is 4.93. The zero-order valence-electron chi connectivity index (χ0n) is 16.5. The van der Waals surface area contributed by atoms with Crippen molar-refractivity contribution in [1.29, 1.82) is 0 Å². The Morgan fingerprint density at radius 2 is 1.72 bits per heavy atom. The number of rotatable bonds is 9. The van der Waals surface area contributed by atoms with Crippen molar-refractivity contribution in [3.05, 3.63) is 65.9 Å². The van der Waals surface area contributed by atoms with Crippen molar-refractivity contribution in [2.75, 3.05) is 30.3 Å². The average molecular weight is 392 g/mol. The van der Waals surface area contributed by atoms with Crippen molar-refractivity contribution in [2.24, 2.45) is 0 Å². The summed E-state index contributed by atoms with van der Waals surface area (Å²) in [6.07, 6.45) is 1.74. The van der Waals surface area contributed by atoms with Crippen LogP contribution in [-0.2, 0) is 4.79 Å². The number of hydrogen-bond acceptors (Lipinski definition) is 7. The Hall–Kier alpha value is -3.68. The van der Waals surface area contributed by atoms with Crippen LogP contribution in [0.15, 0.2) is 54.7 Å². The number of nitrogens with one attached hydrogen (secondary N) is 3. The standard InChI is InChI=1S/C21H24N6O2/c1-15-4-3-5-17(12-15)29-14-21(28)24-11-10-23-18-6-7-19(27-26-18)25-20-13-16(2)8-9-22-20/h3-9,12-13H,10-11,14H2,1-2H3,(H,23,26)(H,24,28)(H,22,25,27). The summed E-state index contributed by atoms with van der Waals surface area (Å²) in [5.74, 6) is 2.46. The summed E-state index contributed by atoms with van der Waals surface area (Å²) in [5.41, 5.74) is 2.20. The number of nitrogens with zero attached hydrogens (tertiary/aromatic N) is 3. The van der Waals surface area contributed by atoms with Crippen LogP contribution in [0, 0.1) is 13.8 Å². The van der Waals surface area contributed by atoms with E-state index in [1.807, 2.05) is 62.4 Å². The first-order valence-corrected chi connectivity index (χ1v) is 9.32. The van der Waals surface area contributed by atoms with Crippen molar-refractivity contribution < 1.29 is 9.53 Å². The molecule has 1 aromatic carbocycles. The van der Waals surface area contributed by atoms with Gasteiger partial charge in [-0.25, -0.2) is 4.98 Å². The quantitative estimate of drug-likeness (QED) is 0.481. The third-order valence-electron chi connectivity index (χ3n) is 3.95. The van der Waals surface area contributed by atoms with E-state index in [4.69, 9.17) is 4.74 Å². The molecule has 0 aliphatic heterocycles. The highest BCUT2D eigenvalue weighted by Crippen LogP contribution is 2.13. The van der Waals surface area contributed by atoms with Crippen LogP contribution < -0.4 is 20.7 Å². The molecule has 0 fully saturated rings. The Labute approximate surface area is 169 Å². The fourth-order valence-corrected chi connectivity index (χ4v) is 2.53. The third-order valence-corrected chi connectivity index (χ3v) is 3.95. The summed E-state index contributed by atoms with van der Waals surface area (Å²) in [6, 6.07) is 15.1. The molecule has 2 aromatic heterocycles. The van der Waals surface area contributed by atoms with Crippen LogP contribution in [0.1, 0.15) is 11.1 Å².